The van der Waals surface area contributed by atoms with Crippen molar-refractivity contribution in [3.8, 4) is 0 Å². The van der Waals surface area contributed by atoms with E-state index in [2.05, 4.69) is 36.0 Å². The second-order valence-electron chi connectivity index (χ2n) is 5.84. The first kappa shape index (κ1) is 17.0. The van der Waals surface area contributed by atoms with Crippen molar-refractivity contribution in [2.75, 3.05) is 19.6 Å². The Morgan fingerprint density at radius 1 is 1.50 bits per heavy atom. The highest BCUT2D eigenvalue weighted by Gasteiger charge is 2.25. The van der Waals surface area contributed by atoms with E-state index in [-0.39, 0.29) is 29.2 Å². The van der Waals surface area contributed by atoms with Crippen LogP contribution in [0.15, 0.2) is 17.1 Å². The number of pyridine rings is 1. The van der Waals surface area contributed by atoms with Crippen LogP contribution in [0.1, 0.15) is 31.1 Å². The summed E-state index contributed by atoms with van der Waals surface area (Å²) in [6, 6.07) is 1.58. The van der Waals surface area contributed by atoms with Crippen LogP contribution in [0.3, 0.4) is 0 Å². The van der Waals surface area contributed by atoms with Crippen LogP contribution in [0.2, 0.25) is 5.02 Å². The zero-order valence-electron chi connectivity index (χ0n) is 13.1. The number of hydrogen-bond acceptors (Lipinski definition) is 4. The van der Waals surface area contributed by atoms with Crippen molar-refractivity contribution in [1.82, 2.24) is 15.2 Å². The number of halogens is 1. The van der Waals surface area contributed by atoms with E-state index in [1.165, 1.54) is 12.3 Å². The zero-order chi connectivity index (χ0) is 16.3. The van der Waals surface area contributed by atoms with Gasteiger partial charge in [0.15, 0.2) is 0 Å². The van der Waals surface area contributed by atoms with Crippen molar-refractivity contribution in [3.63, 3.8) is 0 Å². The van der Waals surface area contributed by atoms with Gasteiger partial charge in [0.1, 0.15) is 5.02 Å². The Balaban J connectivity index is 1.90. The Kier molecular flexibility index (Phi) is 5.61. The minimum atomic E-state index is -0.400. The normalized spacial score (nSPS) is 24.0. The number of ether oxygens (including phenoxy) is 1. The molecule has 0 saturated carbocycles. The van der Waals surface area contributed by atoms with Crippen molar-refractivity contribution >= 4 is 17.5 Å². The summed E-state index contributed by atoms with van der Waals surface area (Å²) in [5.41, 5.74) is -0.0524. The van der Waals surface area contributed by atoms with E-state index < -0.39 is 5.56 Å². The Labute approximate surface area is 134 Å². The molecule has 1 amide bonds. The van der Waals surface area contributed by atoms with E-state index >= 15 is 0 Å². The molecular formula is C15H22ClN3O3. The molecule has 2 heterocycles. The Morgan fingerprint density at radius 3 is 2.73 bits per heavy atom. The lowest BCUT2D eigenvalue weighted by molar-refractivity contribution is -0.0778. The molecule has 1 aromatic heterocycles. The lowest BCUT2D eigenvalue weighted by atomic mass is 10.1. The van der Waals surface area contributed by atoms with Crippen LogP contribution in [0.4, 0.5) is 0 Å². The number of carbonyl (C=O) groups is 1. The summed E-state index contributed by atoms with van der Waals surface area (Å²) in [4.78, 5) is 28.0. The second-order valence-corrected chi connectivity index (χ2v) is 6.24. The first-order valence-electron chi connectivity index (χ1n) is 7.42. The Morgan fingerprint density at radius 2 is 2.14 bits per heavy atom. The number of rotatable bonds is 4. The number of H-pyrrole nitrogens is 1. The van der Waals surface area contributed by atoms with Crippen LogP contribution in [0.5, 0.6) is 0 Å². The largest absolute Gasteiger partial charge is 0.373 e. The SMILES string of the molecule is C[C@@H]1CN([C@@H](C)CNC(=O)c2c[nH]c(=O)c(Cl)c2)C[C@H](C)O1. The summed E-state index contributed by atoms with van der Waals surface area (Å²) in [6.45, 7) is 8.41. The summed E-state index contributed by atoms with van der Waals surface area (Å²) in [5, 5.41) is 2.88. The van der Waals surface area contributed by atoms with E-state index in [1.54, 1.807) is 0 Å². The van der Waals surface area contributed by atoms with Gasteiger partial charge in [-0.25, -0.2) is 0 Å². The molecule has 1 fully saturated rings. The summed E-state index contributed by atoms with van der Waals surface area (Å²) in [6.07, 6.45) is 1.76. The number of carbonyl (C=O) groups excluding carboxylic acids is 1. The molecule has 0 radical (unpaired) electrons. The van der Waals surface area contributed by atoms with Crippen molar-refractivity contribution < 1.29 is 9.53 Å². The maximum Gasteiger partial charge on any atom is 0.266 e. The third-order valence-electron chi connectivity index (χ3n) is 3.75. The van der Waals surface area contributed by atoms with Gasteiger partial charge in [-0.15, -0.1) is 0 Å². The predicted octanol–water partition coefficient (Wildman–Crippen LogP) is 1.26. The highest BCUT2D eigenvalue weighted by molar-refractivity contribution is 6.30. The fourth-order valence-corrected chi connectivity index (χ4v) is 2.81. The van der Waals surface area contributed by atoms with Crippen LogP contribution >= 0.6 is 11.6 Å². The number of amides is 1. The molecule has 1 aromatic rings. The van der Waals surface area contributed by atoms with Gasteiger partial charge in [-0.3, -0.25) is 14.5 Å². The number of aromatic amines is 1. The first-order chi connectivity index (χ1) is 10.4. The van der Waals surface area contributed by atoms with Crippen LogP contribution in [0.25, 0.3) is 0 Å². The molecule has 7 heteroatoms. The number of morpholine rings is 1. The fraction of sp³-hybridized carbons (Fsp3) is 0.600. The van der Waals surface area contributed by atoms with E-state index in [1.807, 2.05) is 0 Å². The average molecular weight is 328 g/mol. The van der Waals surface area contributed by atoms with Gasteiger partial charge in [-0.05, 0) is 26.8 Å². The third-order valence-corrected chi connectivity index (χ3v) is 4.03. The molecule has 6 nitrogen and oxygen atoms in total. The van der Waals surface area contributed by atoms with Gasteiger partial charge in [0, 0.05) is 31.9 Å². The van der Waals surface area contributed by atoms with Gasteiger partial charge in [-0.1, -0.05) is 11.6 Å². The first-order valence-corrected chi connectivity index (χ1v) is 7.80. The standard InChI is InChI=1S/C15H22ClN3O3/c1-9(19-7-10(2)22-11(3)8-19)5-17-14(20)12-4-13(16)15(21)18-6-12/h4,6,9-11H,5,7-8H2,1-3H3,(H,17,20)(H,18,21)/t9-,10-,11+/m0/s1. The number of nitrogens with zero attached hydrogens (tertiary/aromatic N) is 1. The van der Waals surface area contributed by atoms with Crippen LogP contribution in [-0.4, -0.2) is 53.7 Å². The number of aromatic nitrogens is 1. The molecule has 0 aliphatic carbocycles. The average Bonchev–Trinajstić information content (AvgIpc) is 2.46. The van der Waals surface area contributed by atoms with Crippen LogP contribution < -0.4 is 10.9 Å². The summed E-state index contributed by atoms with van der Waals surface area (Å²) >= 11 is 5.73. The minimum absolute atomic E-state index is 0.0107. The van der Waals surface area contributed by atoms with Gasteiger partial charge in [-0.2, -0.15) is 0 Å². The molecule has 22 heavy (non-hydrogen) atoms. The Bertz CT molecular complexity index is 580. The maximum absolute atomic E-state index is 12.1. The fourth-order valence-electron chi connectivity index (χ4n) is 2.64. The van der Waals surface area contributed by atoms with Gasteiger partial charge >= 0.3 is 0 Å². The van der Waals surface area contributed by atoms with Crippen molar-refractivity contribution in [1.29, 1.82) is 0 Å². The Hall–Kier alpha value is -1.37. The number of nitrogens with one attached hydrogen (secondary N) is 2. The quantitative estimate of drug-likeness (QED) is 0.873. The monoisotopic (exact) mass is 327 g/mol. The van der Waals surface area contributed by atoms with Gasteiger partial charge in [0.05, 0.1) is 17.8 Å². The van der Waals surface area contributed by atoms with Gasteiger partial charge < -0.3 is 15.0 Å². The van der Waals surface area contributed by atoms with Crippen LogP contribution in [-0.2, 0) is 4.74 Å². The molecule has 2 rings (SSSR count). The molecule has 1 aliphatic rings. The molecule has 3 atom stereocenters. The topological polar surface area (TPSA) is 74.4 Å². The van der Waals surface area contributed by atoms with Crippen LogP contribution in [0, 0.1) is 0 Å². The lowest BCUT2D eigenvalue weighted by Gasteiger charge is -2.39. The summed E-state index contributed by atoms with van der Waals surface area (Å²) in [7, 11) is 0. The molecule has 0 aromatic carbocycles. The lowest BCUT2D eigenvalue weighted by Crippen LogP contribution is -2.52. The summed E-state index contributed by atoms with van der Waals surface area (Å²) < 4.78 is 5.71. The third kappa shape index (κ3) is 4.32. The molecule has 122 valence electrons. The minimum Gasteiger partial charge on any atom is -0.373 e. The molecule has 2 N–H and O–H groups in total. The summed E-state index contributed by atoms with van der Waals surface area (Å²) in [5.74, 6) is -0.251. The molecule has 0 spiro atoms. The molecule has 1 aliphatic heterocycles. The maximum atomic E-state index is 12.1. The highest BCUT2D eigenvalue weighted by Crippen LogP contribution is 2.13. The smallest absolute Gasteiger partial charge is 0.266 e. The predicted molar refractivity (Wildman–Crippen MR) is 85.4 cm³/mol. The van der Waals surface area contributed by atoms with E-state index in [0.29, 0.717) is 12.1 Å². The zero-order valence-corrected chi connectivity index (χ0v) is 13.8. The van der Waals surface area contributed by atoms with E-state index in [0.717, 1.165) is 13.1 Å². The molecule has 0 bridgehead atoms. The highest BCUT2D eigenvalue weighted by atomic mass is 35.5. The molecule has 1 saturated heterocycles. The molecule has 0 unspecified atom stereocenters. The number of hydrogen-bond donors (Lipinski definition) is 2. The second kappa shape index (κ2) is 7.26. The van der Waals surface area contributed by atoms with Gasteiger partial charge in [0.2, 0.25) is 0 Å². The van der Waals surface area contributed by atoms with Crippen molar-refractivity contribution in [2.45, 2.75) is 39.0 Å². The van der Waals surface area contributed by atoms with Gasteiger partial charge in [0.25, 0.3) is 11.5 Å². The molecular weight excluding hydrogens is 306 g/mol. The van der Waals surface area contributed by atoms with E-state index in [9.17, 15) is 9.59 Å². The van der Waals surface area contributed by atoms with E-state index in [4.69, 9.17) is 16.3 Å². The van der Waals surface area contributed by atoms with Crippen molar-refractivity contribution in [2.24, 2.45) is 0 Å². The van der Waals surface area contributed by atoms with Crippen molar-refractivity contribution in [3.05, 3.63) is 33.2 Å².